The molecule has 17 heavy (non-hydrogen) atoms. The standard InChI is InChI=1S/C10H20N4O2.Ni/c15-9-8-10(16)14-7-5-12-3-1-2-11-4-6-13-9;/h11-12H,1-8H2,(H,13,15)(H,14,16);/q;+2/p-2. The van der Waals surface area contributed by atoms with Crippen LogP contribution in [0.4, 0.5) is 0 Å². The molecule has 0 fully saturated rings. The summed E-state index contributed by atoms with van der Waals surface area (Å²) in [5, 5.41) is 28.7. The summed E-state index contributed by atoms with van der Waals surface area (Å²) >= 11 is 0. The van der Waals surface area contributed by atoms with E-state index in [9.17, 15) is 10.2 Å². The van der Waals surface area contributed by atoms with Crippen LogP contribution in [-0.4, -0.2) is 51.1 Å². The van der Waals surface area contributed by atoms with Gasteiger partial charge >= 0.3 is 16.5 Å². The van der Waals surface area contributed by atoms with Gasteiger partial charge in [-0.3, -0.25) is 0 Å². The number of hydrogen-bond acceptors (Lipinski definition) is 6. The third kappa shape index (κ3) is 9.09. The molecule has 1 rings (SSSR count). The summed E-state index contributed by atoms with van der Waals surface area (Å²) < 4.78 is 0. The molecule has 0 radical (unpaired) electrons. The summed E-state index contributed by atoms with van der Waals surface area (Å²) in [5.41, 5.74) is 0. The van der Waals surface area contributed by atoms with E-state index in [1.807, 2.05) is 0 Å². The van der Waals surface area contributed by atoms with Gasteiger partial charge in [0.1, 0.15) is 0 Å². The van der Waals surface area contributed by atoms with Gasteiger partial charge in [0, 0.05) is 19.5 Å². The maximum Gasteiger partial charge on any atom is 2.00 e. The van der Waals surface area contributed by atoms with Crippen molar-refractivity contribution in [2.75, 3.05) is 39.3 Å². The first-order chi connectivity index (χ1) is 7.79. The van der Waals surface area contributed by atoms with Gasteiger partial charge in [0.15, 0.2) is 0 Å². The fourth-order valence-corrected chi connectivity index (χ4v) is 1.35. The smallest absolute Gasteiger partial charge is 0.862 e. The maximum atomic E-state index is 11.2. The first-order valence-corrected chi connectivity index (χ1v) is 5.61. The molecular formula is C10H18N4NiO2. The zero-order valence-electron chi connectivity index (χ0n) is 9.68. The van der Waals surface area contributed by atoms with Crippen molar-refractivity contribution in [1.82, 2.24) is 10.6 Å². The van der Waals surface area contributed by atoms with Gasteiger partial charge in [-0.2, -0.15) is 0 Å². The van der Waals surface area contributed by atoms with Crippen LogP contribution in [0.5, 0.6) is 0 Å². The molecule has 6 nitrogen and oxygen atoms in total. The van der Waals surface area contributed by atoms with E-state index in [1.54, 1.807) is 0 Å². The number of nitrogens with one attached hydrogen (secondary N) is 2. The molecule has 0 aromatic rings. The predicted molar refractivity (Wildman–Crippen MR) is 59.6 cm³/mol. The van der Waals surface area contributed by atoms with E-state index < -0.39 is 0 Å². The number of aliphatic imine (C=N–C) groups is 2. The van der Waals surface area contributed by atoms with Gasteiger partial charge in [-0.1, -0.05) is 0 Å². The van der Waals surface area contributed by atoms with Crippen LogP contribution < -0.4 is 20.8 Å². The molecule has 0 aliphatic carbocycles. The Labute approximate surface area is 112 Å². The normalized spacial score (nSPS) is 20.5. The van der Waals surface area contributed by atoms with Crippen LogP contribution in [0.3, 0.4) is 0 Å². The monoisotopic (exact) mass is 284 g/mol. The van der Waals surface area contributed by atoms with Gasteiger partial charge in [-0.05, 0) is 31.3 Å². The molecule has 0 spiro atoms. The SMILES string of the molecule is [Ni+2].[O-]C1=NCCNCCCNCCN=C([O-])C1. The van der Waals surface area contributed by atoms with Crippen LogP contribution in [0.15, 0.2) is 9.98 Å². The second kappa shape index (κ2) is 10.5. The number of hydrogen-bond donors (Lipinski definition) is 2. The topological polar surface area (TPSA) is 94.9 Å². The molecule has 1 heterocycles. The van der Waals surface area contributed by atoms with Crippen LogP contribution >= 0.6 is 0 Å². The Balaban J connectivity index is 0.00000256. The zero-order valence-corrected chi connectivity index (χ0v) is 10.7. The summed E-state index contributed by atoms with van der Waals surface area (Å²) in [6.45, 7) is 4.03. The van der Waals surface area contributed by atoms with Crippen LogP contribution in [0.25, 0.3) is 0 Å². The Hall–Kier alpha value is -0.646. The molecule has 0 bridgehead atoms. The van der Waals surface area contributed by atoms with Gasteiger partial charge in [0.25, 0.3) is 0 Å². The van der Waals surface area contributed by atoms with E-state index in [-0.39, 0.29) is 34.7 Å². The molecule has 1 aliphatic heterocycles. The minimum Gasteiger partial charge on any atom is -0.862 e. The van der Waals surface area contributed by atoms with Crippen molar-refractivity contribution in [3.63, 3.8) is 0 Å². The molecule has 2 N–H and O–H groups in total. The van der Waals surface area contributed by atoms with Crippen molar-refractivity contribution in [2.45, 2.75) is 12.8 Å². The predicted octanol–water partition coefficient (Wildman–Crippen LogP) is -2.53. The summed E-state index contributed by atoms with van der Waals surface area (Å²) in [7, 11) is 0. The van der Waals surface area contributed by atoms with Crippen molar-refractivity contribution in [2.24, 2.45) is 9.98 Å². The molecule has 1 aliphatic rings. The molecule has 0 aromatic heterocycles. The molecule has 0 atom stereocenters. The molecular weight excluding hydrogens is 267 g/mol. The van der Waals surface area contributed by atoms with Crippen LogP contribution in [0.2, 0.25) is 0 Å². The van der Waals surface area contributed by atoms with E-state index in [2.05, 4.69) is 20.6 Å². The number of nitrogens with zero attached hydrogens (tertiary/aromatic N) is 2. The van der Waals surface area contributed by atoms with E-state index in [0.717, 1.165) is 19.5 Å². The number of rotatable bonds is 0. The average Bonchev–Trinajstić information content (AvgIpc) is 2.25. The average molecular weight is 285 g/mol. The zero-order chi connectivity index (χ0) is 11.6. The van der Waals surface area contributed by atoms with Gasteiger partial charge in [-0.15, -0.1) is 0 Å². The summed E-state index contributed by atoms with van der Waals surface area (Å²) in [6, 6.07) is 0. The third-order valence-corrected chi connectivity index (χ3v) is 2.16. The second-order valence-corrected chi connectivity index (χ2v) is 3.58. The van der Waals surface area contributed by atoms with E-state index in [4.69, 9.17) is 0 Å². The summed E-state index contributed by atoms with van der Waals surface area (Å²) in [4.78, 5) is 7.53. The van der Waals surface area contributed by atoms with Crippen molar-refractivity contribution in [3.05, 3.63) is 0 Å². The minimum absolute atomic E-state index is 0. The maximum absolute atomic E-state index is 11.2. The molecule has 0 aromatic carbocycles. The van der Waals surface area contributed by atoms with Crippen LogP contribution in [0.1, 0.15) is 12.8 Å². The molecule has 0 saturated heterocycles. The van der Waals surface area contributed by atoms with Crippen LogP contribution in [0, 0.1) is 0 Å². The largest absolute Gasteiger partial charge is 2.00 e. The van der Waals surface area contributed by atoms with E-state index in [1.165, 1.54) is 0 Å². The molecule has 0 amide bonds. The molecule has 100 valence electrons. The fraction of sp³-hybridized carbons (Fsp3) is 0.800. The summed E-state index contributed by atoms with van der Waals surface area (Å²) in [6.07, 6.45) is 0.821. The molecule has 7 heteroatoms. The van der Waals surface area contributed by atoms with Gasteiger partial charge in [-0.25, -0.2) is 0 Å². The molecule has 0 unspecified atom stereocenters. The first kappa shape index (κ1) is 16.4. The Kier molecular flexibility index (Phi) is 10.1. The van der Waals surface area contributed by atoms with Gasteiger partial charge < -0.3 is 30.8 Å². The fourth-order valence-electron chi connectivity index (χ4n) is 1.35. The second-order valence-electron chi connectivity index (χ2n) is 3.58. The first-order valence-electron chi connectivity index (χ1n) is 5.61. The van der Waals surface area contributed by atoms with E-state index in [0.29, 0.717) is 26.2 Å². The Morgan fingerprint density at radius 1 is 0.824 bits per heavy atom. The van der Waals surface area contributed by atoms with Crippen molar-refractivity contribution >= 4 is 11.8 Å². The Morgan fingerprint density at radius 2 is 1.29 bits per heavy atom. The van der Waals surface area contributed by atoms with Crippen LogP contribution in [-0.2, 0) is 16.5 Å². The van der Waals surface area contributed by atoms with Crippen molar-refractivity contribution in [3.8, 4) is 0 Å². The van der Waals surface area contributed by atoms with Crippen molar-refractivity contribution in [1.29, 1.82) is 0 Å². The third-order valence-electron chi connectivity index (χ3n) is 2.16. The van der Waals surface area contributed by atoms with Crippen molar-refractivity contribution < 1.29 is 26.7 Å². The summed E-state index contributed by atoms with van der Waals surface area (Å²) in [5.74, 6) is -0.749. The quantitative estimate of drug-likeness (QED) is 0.480. The van der Waals surface area contributed by atoms with Gasteiger partial charge in [0.05, 0.1) is 13.1 Å². The van der Waals surface area contributed by atoms with Gasteiger partial charge in [0.2, 0.25) is 0 Å². The molecule has 0 saturated carbocycles. The minimum atomic E-state index is -0.374. The Morgan fingerprint density at radius 3 is 1.76 bits per heavy atom. The van der Waals surface area contributed by atoms with E-state index >= 15 is 0 Å². The Bertz CT molecular complexity index is 235.